The molecular formula is C22H29N5O. The molecule has 3 aromatic rings. The first-order chi connectivity index (χ1) is 13.7. The predicted molar refractivity (Wildman–Crippen MR) is 115 cm³/mol. The van der Waals surface area contributed by atoms with Gasteiger partial charge in [-0.05, 0) is 43.2 Å². The van der Waals surface area contributed by atoms with Crippen LogP contribution in [0, 0.1) is 0 Å². The number of aliphatic imine (C=N–C) groups is 1. The molecule has 0 saturated heterocycles. The lowest BCUT2D eigenvalue weighted by Gasteiger charge is -2.22. The SMILES string of the molecule is CCOc1ccc(CN(C)C(=NC)NCCCn2cnc3ccccc32)cc1. The molecule has 0 spiro atoms. The number of nitrogens with one attached hydrogen (secondary N) is 1. The fraction of sp³-hybridized carbons (Fsp3) is 0.364. The van der Waals surface area contributed by atoms with Crippen LogP contribution < -0.4 is 10.1 Å². The normalized spacial score (nSPS) is 11.6. The molecular weight excluding hydrogens is 350 g/mol. The maximum absolute atomic E-state index is 5.50. The summed E-state index contributed by atoms with van der Waals surface area (Å²) in [5, 5.41) is 3.45. The summed E-state index contributed by atoms with van der Waals surface area (Å²) < 4.78 is 7.70. The molecule has 1 N–H and O–H groups in total. The molecule has 28 heavy (non-hydrogen) atoms. The lowest BCUT2D eigenvalue weighted by molar-refractivity contribution is 0.340. The Kier molecular flexibility index (Phi) is 6.89. The summed E-state index contributed by atoms with van der Waals surface area (Å²) in [5.41, 5.74) is 3.44. The van der Waals surface area contributed by atoms with Crippen LogP contribution >= 0.6 is 0 Å². The molecule has 1 aromatic heterocycles. The zero-order valence-corrected chi connectivity index (χ0v) is 16.9. The van der Waals surface area contributed by atoms with E-state index in [1.54, 1.807) is 0 Å². The first kappa shape index (κ1) is 19.7. The number of hydrogen-bond acceptors (Lipinski definition) is 3. The summed E-state index contributed by atoms with van der Waals surface area (Å²) in [6, 6.07) is 16.4. The van der Waals surface area contributed by atoms with E-state index in [4.69, 9.17) is 4.74 Å². The summed E-state index contributed by atoms with van der Waals surface area (Å²) in [5.74, 6) is 1.80. The topological polar surface area (TPSA) is 54.7 Å². The second-order valence-electron chi connectivity index (χ2n) is 6.69. The van der Waals surface area contributed by atoms with E-state index in [1.807, 2.05) is 44.6 Å². The number of benzene rings is 2. The molecule has 0 aliphatic rings. The number of imidazole rings is 1. The van der Waals surface area contributed by atoms with Gasteiger partial charge in [0.05, 0.1) is 24.0 Å². The Morgan fingerprint density at radius 3 is 2.71 bits per heavy atom. The van der Waals surface area contributed by atoms with Gasteiger partial charge in [0.25, 0.3) is 0 Å². The predicted octanol–water partition coefficient (Wildman–Crippen LogP) is 3.53. The first-order valence-corrected chi connectivity index (χ1v) is 9.74. The number of rotatable bonds is 8. The van der Waals surface area contributed by atoms with Gasteiger partial charge < -0.3 is 19.5 Å². The number of nitrogens with zero attached hydrogens (tertiary/aromatic N) is 4. The van der Waals surface area contributed by atoms with Gasteiger partial charge in [0.2, 0.25) is 0 Å². The fourth-order valence-corrected chi connectivity index (χ4v) is 3.23. The van der Waals surface area contributed by atoms with Crippen molar-refractivity contribution in [2.45, 2.75) is 26.4 Å². The zero-order valence-electron chi connectivity index (χ0n) is 16.9. The molecule has 6 nitrogen and oxygen atoms in total. The largest absolute Gasteiger partial charge is 0.494 e. The molecule has 0 radical (unpaired) electrons. The van der Waals surface area contributed by atoms with Gasteiger partial charge in [0.15, 0.2) is 5.96 Å². The van der Waals surface area contributed by atoms with E-state index in [1.165, 1.54) is 11.1 Å². The highest BCUT2D eigenvalue weighted by molar-refractivity contribution is 5.79. The molecule has 2 aromatic carbocycles. The Morgan fingerprint density at radius 2 is 1.96 bits per heavy atom. The van der Waals surface area contributed by atoms with E-state index in [9.17, 15) is 0 Å². The quantitative estimate of drug-likeness (QED) is 0.370. The van der Waals surface area contributed by atoms with Gasteiger partial charge in [-0.1, -0.05) is 24.3 Å². The monoisotopic (exact) mass is 379 g/mol. The number of para-hydroxylation sites is 2. The van der Waals surface area contributed by atoms with Crippen molar-refractivity contribution in [3.63, 3.8) is 0 Å². The summed E-state index contributed by atoms with van der Waals surface area (Å²) in [4.78, 5) is 11.0. The van der Waals surface area contributed by atoms with Crippen molar-refractivity contribution in [1.82, 2.24) is 19.8 Å². The molecule has 0 saturated carbocycles. The lowest BCUT2D eigenvalue weighted by Crippen LogP contribution is -2.39. The van der Waals surface area contributed by atoms with Crippen LogP contribution in [0.25, 0.3) is 11.0 Å². The van der Waals surface area contributed by atoms with Gasteiger partial charge in [-0.25, -0.2) is 4.98 Å². The van der Waals surface area contributed by atoms with Crippen LogP contribution in [-0.2, 0) is 13.1 Å². The first-order valence-electron chi connectivity index (χ1n) is 9.74. The highest BCUT2D eigenvalue weighted by Gasteiger charge is 2.07. The molecule has 0 bridgehead atoms. The van der Waals surface area contributed by atoms with Crippen molar-refractivity contribution in [2.24, 2.45) is 4.99 Å². The molecule has 6 heteroatoms. The highest BCUT2D eigenvalue weighted by Crippen LogP contribution is 2.14. The highest BCUT2D eigenvalue weighted by atomic mass is 16.5. The third kappa shape index (κ3) is 5.03. The van der Waals surface area contributed by atoms with E-state index in [-0.39, 0.29) is 0 Å². The molecule has 0 fully saturated rings. The number of aryl methyl sites for hydroxylation is 1. The number of ether oxygens (including phenoxy) is 1. The summed E-state index contributed by atoms with van der Waals surface area (Å²) in [7, 11) is 3.87. The lowest BCUT2D eigenvalue weighted by atomic mass is 10.2. The molecule has 0 aliphatic carbocycles. The standard InChI is InChI=1S/C22H29N5O/c1-4-28-19-12-10-18(11-13-19)16-26(3)22(23-2)24-14-7-15-27-17-25-20-8-5-6-9-21(20)27/h5-6,8-13,17H,4,7,14-16H2,1-3H3,(H,23,24). The Hall–Kier alpha value is -3.02. The molecule has 0 unspecified atom stereocenters. The third-order valence-electron chi connectivity index (χ3n) is 4.61. The molecule has 3 rings (SSSR count). The van der Waals surface area contributed by atoms with Crippen molar-refractivity contribution in [1.29, 1.82) is 0 Å². The van der Waals surface area contributed by atoms with Crippen LogP contribution in [0.3, 0.4) is 0 Å². The van der Waals surface area contributed by atoms with E-state index >= 15 is 0 Å². The van der Waals surface area contributed by atoms with Crippen molar-refractivity contribution in [2.75, 3.05) is 27.2 Å². The number of fused-ring (bicyclic) bond motifs is 1. The average molecular weight is 380 g/mol. The van der Waals surface area contributed by atoms with Gasteiger partial charge in [0, 0.05) is 33.7 Å². The maximum atomic E-state index is 5.50. The van der Waals surface area contributed by atoms with Gasteiger partial charge in [-0.2, -0.15) is 0 Å². The number of guanidine groups is 1. The summed E-state index contributed by atoms with van der Waals surface area (Å²) in [6.45, 7) is 5.25. The fourth-order valence-electron chi connectivity index (χ4n) is 3.23. The minimum atomic E-state index is 0.685. The Bertz CT molecular complexity index is 901. The number of aromatic nitrogens is 2. The molecule has 1 heterocycles. The van der Waals surface area contributed by atoms with Crippen molar-refractivity contribution in [3.8, 4) is 5.75 Å². The minimum absolute atomic E-state index is 0.685. The van der Waals surface area contributed by atoms with E-state index in [0.29, 0.717) is 6.61 Å². The molecule has 0 amide bonds. The Morgan fingerprint density at radius 1 is 1.18 bits per heavy atom. The van der Waals surface area contributed by atoms with Crippen LogP contribution in [0.15, 0.2) is 59.9 Å². The maximum Gasteiger partial charge on any atom is 0.193 e. The van der Waals surface area contributed by atoms with E-state index < -0.39 is 0 Å². The van der Waals surface area contributed by atoms with Crippen LogP contribution in [0.2, 0.25) is 0 Å². The molecule has 148 valence electrons. The van der Waals surface area contributed by atoms with Crippen molar-refractivity contribution < 1.29 is 4.74 Å². The summed E-state index contributed by atoms with van der Waals surface area (Å²) >= 11 is 0. The van der Waals surface area contributed by atoms with E-state index in [0.717, 1.165) is 43.3 Å². The Labute approximate surface area is 166 Å². The average Bonchev–Trinajstić information content (AvgIpc) is 3.13. The van der Waals surface area contributed by atoms with Crippen molar-refractivity contribution >= 4 is 17.0 Å². The van der Waals surface area contributed by atoms with Crippen LogP contribution in [0.1, 0.15) is 18.9 Å². The third-order valence-corrected chi connectivity index (χ3v) is 4.61. The van der Waals surface area contributed by atoms with Crippen LogP contribution in [0.5, 0.6) is 5.75 Å². The molecule has 0 atom stereocenters. The second kappa shape index (κ2) is 9.78. The van der Waals surface area contributed by atoms with Gasteiger partial charge in [-0.15, -0.1) is 0 Å². The van der Waals surface area contributed by atoms with Crippen LogP contribution in [-0.4, -0.2) is 47.7 Å². The van der Waals surface area contributed by atoms with Crippen molar-refractivity contribution in [3.05, 3.63) is 60.4 Å². The van der Waals surface area contributed by atoms with Gasteiger partial charge >= 0.3 is 0 Å². The molecule has 0 aliphatic heterocycles. The minimum Gasteiger partial charge on any atom is -0.494 e. The van der Waals surface area contributed by atoms with E-state index in [2.05, 4.69) is 56.1 Å². The van der Waals surface area contributed by atoms with Gasteiger partial charge in [0.1, 0.15) is 5.75 Å². The van der Waals surface area contributed by atoms with Crippen LogP contribution in [0.4, 0.5) is 0 Å². The second-order valence-corrected chi connectivity index (χ2v) is 6.69. The summed E-state index contributed by atoms with van der Waals surface area (Å²) in [6.07, 6.45) is 2.91. The smallest absolute Gasteiger partial charge is 0.193 e. The zero-order chi connectivity index (χ0) is 19.8. The van der Waals surface area contributed by atoms with Gasteiger partial charge in [-0.3, -0.25) is 4.99 Å². The Balaban J connectivity index is 1.47. The number of hydrogen-bond donors (Lipinski definition) is 1.